The van der Waals surface area contributed by atoms with E-state index in [2.05, 4.69) is 24.1 Å². The molecule has 1 aromatic carbocycles. The number of benzene rings is 1. The fourth-order valence-electron chi connectivity index (χ4n) is 2.80. The molecule has 0 bridgehead atoms. The highest BCUT2D eigenvalue weighted by atomic mass is 19.2. The number of hydrogen-bond donors (Lipinski definition) is 1. The summed E-state index contributed by atoms with van der Waals surface area (Å²) in [4.78, 5) is 2.27. The van der Waals surface area contributed by atoms with Gasteiger partial charge in [-0.15, -0.1) is 0 Å². The minimum absolute atomic E-state index is 0.0391. The van der Waals surface area contributed by atoms with E-state index in [0.29, 0.717) is 11.5 Å². The molecule has 2 nitrogen and oxygen atoms in total. The maximum atomic E-state index is 14.1. The number of piperazine rings is 1. The van der Waals surface area contributed by atoms with Crippen LogP contribution in [0, 0.1) is 17.6 Å². The van der Waals surface area contributed by atoms with Crippen LogP contribution in [0.25, 0.3) is 0 Å². The van der Waals surface area contributed by atoms with Gasteiger partial charge in [-0.2, -0.15) is 0 Å². The van der Waals surface area contributed by atoms with Crippen LogP contribution in [-0.4, -0.2) is 31.1 Å². The SMILES string of the molecule is CCC(C)[C@H](c1cccc(F)c1F)N1CCNCC1. The molecule has 0 aromatic heterocycles. The molecule has 4 heteroatoms. The van der Waals surface area contributed by atoms with Crippen molar-refractivity contribution in [2.75, 3.05) is 26.2 Å². The lowest BCUT2D eigenvalue weighted by atomic mass is 9.90. The lowest BCUT2D eigenvalue weighted by Gasteiger charge is -2.38. The smallest absolute Gasteiger partial charge is 0.163 e. The summed E-state index contributed by atoms with van der Waals surface area (Å²) in [6.45, 7) is 7.78. The quantitative estimate of drug-likeness (QED) is 0.903. The summed E-state index contributed by atoms with van der Waals surface area (Å²) in [6, 6.07) is 4.47. The van der Waals surface area contributed by atoms with Crippen molar-refractivity contribution < 1.29 is 8.78 Å². The second-order valence-electron chi connectivity index (χ2n) is 5.26. The van der Waals surface area contributed by atoms with Crippen molar-refractivity contribution in [1.29, 1.82) is 0 Å². The predicted molar refractivity (Wildman–Crippen MR) is 73.0 cm³/mol. The Kier molecular flexibility index (Phi) is 4.88. The molecule has 1 aromatic rings. The molecule has 0 amide bonds. The minimum Gasteiger partial charge on any atom is -0.314 e. The summed E-state index contributed by atoms with van der Waals surface area (Å²) in [7, 11) is 0. The third-order valence-corrected chi connectivity index (χ3v) is 4.03. The lowest BCUT2D eigenvalue weighted by molar-refractivity contribution is 0.125. The third kappa shape index (κ3) is 3.12. The first-order valence-electron chi connectivity index (χ1n) is 7.03. The molecule has 1 saturated heterocycles. The van der Waals surface area contributed by atoms with E-state index in [1.54, 1.807) is 12.1 Å². The summed E-state index contributed by atoms with van der Waals surface area (Å²) in [5.41, 5.74) is 0.497. The maximum Gasteiger partial charge on any atom is 0.163 e. The number of hydrogen-bond acceptors (Lipinski definition) is 2. The molecule has 0 spiro atoms. The summed E-state index contributed by atoms with van der Waals surface area (Å²) < 4.78 is 27.6. The van der Waals surface area contributed by atoms with E-state index in [1.165, 1.54) is 6.07 Å². The van der Waals surface area contributed by atoms with Gasteiger partial charge in [0.05, 0.1) is 0 Å². The van der Waals surface area contributed by atoms with Gasteiger partial charge in [-0.3, -0.25) is 4.90 Å². The molecule has 1 fully saturated rings. The number of nitrogens with zero attached hydrogens (tertiary/aromatic N) is 1. The van der Waals surface area contributed by atoms with E-state index >= 15 is 0 Å². The first-order valence-corrected chi connectivity index (χ1v) is 7.03. The maximum absolute atomic E-state index is 14.1. The van der Waals surface area contributed by atoms with Crippen LogP contribution in [0.4, 0.5) is 8.78 Å². The third-order valence-electron chi connectivity index (χ3n) is 4.03. The lowest BCUT2D eigenvalue weighted by Crippen LogP contribution is -2.46. The average molecular weight is 268 g/mol. The predicted octanol–water partition coefficient (Wildman–Crippen LogP) is 2.96. The first-order chi connectivity index (χ1) is 9.15. The number of halogens is 2. The van der Waals surface area contributed by atoms with Gasteiger partial charge in [0.15, 0.2) is 11.6 Å². The van der Waals surface area contributed by atoms with Gasteiger partial charge >= 0.3 is 0 Å². The summed E-state index contributed by atoms with van der Waals surface area (Å²) >= 11 is 0. The molecule has 1 heterocycles. The Morgan fingerprint density at radius 3 is 2.58 bits per heavy atom. The van der Waals surface area contributed by atoms with Crippen molar-refractivity contribution in [3.63, 3.8) is 0 Å². The molecular weight excluding hydrogens is 246 g/mol. The van der Waals surface area contributed by atoms with Crippen LogP contribution in [0.2, 0.25) is 0 Å². The summed E-state index contributed by atoms with van der Waals surface area (Å²) in [5, 5.41) is 3.29. The molecule has 19 heavy (non-hydrogen) atoms. The normalized spacial score (nSPS) is 20.2. The van der Waals surface area contributed by atoms with E-state index in [0.717, 1.165) is 32.6 Å². The Bertz CT molecular complexity index is 417. The van der Waals surface area contributed by atoms with Gasteiger partial charge in [-0.25, -0.2) is 8.78 Å². The van der Waals surface area contributed by atoms with Gasteiger partial charge in [0.2, 0.25) is 0 Å². The van der Waals surface area contributed by atoms with Crippen molar-refractivity contribution in [2.24, 2.45) is 5.92 Å². The van der Waals surface area contributed by atoms with Crippen LogP contribution in [0.1, 0.15) is 31.9 Å². The van der Waals surface area contributed by atoms with Crippen LogP contribution in [0.5, 0.6) is 0 Å². The average Bonchev–Trinajstić information content (AvgIpc) is 2.44. The van der Waals surface area contributed by atoms with E-state index in [1.807, 2.05) is 0 Å². The largest absolute Gasteiger partial charge is 0.314 e. The van der Waals surface area contributed by atoms with Gasteiger partial charge in [-0.1, -0.05) is 32.4 Å². The van der Waals surface area contributed by atoms with E-state index in [4.69, 9.17) is 0 Å². The van der Waals surface area contributed by atoms with Crippen LogP contribution in [0.3, 0.4) is 0 Å². The highest BCUT2D eigenvalue weighted by Crippen LogP contribution is 2.33. The summed E-state index contributed by atoms with van der Waals surface area (Å²) in [5.74, 6) is -1.14. The topological polar surface area (TPSA) is 15.3 Å². The second kappa shape index (κ2) is 6.44. The van der Waals surface area contributed by atoms with Crippen LogP contribution < -0.4 is 5.32 Å². The molecule has 1 unspecified atom stereocenters. The number of rotatable bonds is 4. The van der Waals surface area contributed by atoms with Gasteiger partial charge in [-0.05, 0) is 12.0 Å². The molecule has 0 saturated carbocycles. The highest BCUT2D eigenvalue weighted by molar-refractivity contribution is 5.23. The van der Waals surface area contributed by atoms with E-state index < -0.39 is 11.6 Å². The minimum atomic E-state index is -0.749. The Balaban J connectivity index is 2.33. The van der Waals surface area contributed by atoms with Gasteiger partial charge < -0.3 is 5.32 Å². The molecule has 1 aliphatic rings. The fourth-order valence-corrected chi connectivity index (χ4v) is 2.80. The molecule has 106 valence electrons. The van der Waals surface area contributed by atoms with Crippen molar-refractivity contribution in [3.05, 3.63) is 35.4 Å². The van der Waals surface area contributed by atoms with Crippen molar-refractivity contribution in [1.82, 2.24) is 10.2 Å². The molecule has 1 N–H and O–H groups in total. The zero-order valence-corrected chi connectivity index (χ0v) is 11.6. The molecule has 2 rings (SSSR count). The van der Waals surface area contributed by atoms with Crippen LogP contribution >= 0.6 is 0 Å². The van der Waals surface area contributed by atoms with Gasteiger partial charge in [0.1, 0.15) is 0 Å². The zero-order valence-electron chi connectivity index (χ0n) is 11.6. The zero-order chi connectivity index (χ0) is 13.8. The van der Waals surface area contributed by atoms with E-state index in [9.17, 15) is 8.78 Å². The first kappa shape index (κ1) is 14.4. The van der Waals surface area contributed by atoms with Crippen LogP contribution in [-0.2, 0) is 0 Å². The second-order valence-corrected chi connectivity index (χ2v) is 5.26. The molecule has 0 radical (unpaired) electrons. The Morgan fingerprint density at radius 2 is 1.95 bits per heavy atom. The van der Waals surface area contributed by atoms with Crippen LogP contribution in [0.15, 0.2) is 18.2 Å². The monoisotopic (exact) mass is 268 g/mol. The van der Waals surface area contributed by atoms with E-state index in [-0.39, 0.29) is 6.04 Å². The van der Waals surface area contributed by atoms with Crippen molar-refractivity contribution >= 4 is 0 Å². The molecule has 2 atom stereocenters. The van der Waals surface area contributed by atoms with Gasteiger partial charge in [0.25, 0.3) is 0 Å². The van der Waals surface area contributed by atoms with Crippen molar-refractivity contribution in [2.45, 2.75) is 26.3 Å². The Hall–Kier alpha value is -1.00. The number of nitrogens with one attached hydrogen (secondary N) is 1. The van der Waals surface area contributed by atoms with Crippen molar-refractivity contribution in [3.8, 4) is 0 Å². The Labute approximate surface area is 113 Å². The summed E-state index contributed by atoms with van der Waals surface area (Å²) in [6.07, 6.45) is 0.949. The molecule has 0 aliphatic carbocycles. The molecular formula is C15H22F2N2. The fraction of sp³-hybridized carbons (Fsp3) is 0.600. The standard InChI is InChI=1S/C15H22F2N2/c1-3-11(2)15(19-9-7-18-8-10-19)12-5-4-6-13(16)14(12)17/h4-6,11,15,18H,3,7-10H2,1-2H3/t11?,15-/m1/s1. The molecule has 1 aliphatic heterocycles. The highest BCUT2D eigenvalue weighted by Gasteiger charge is 2.29. The van der Waals surface area contributed by atoms with Gasteiger partial charge in [0, 0.05) is 37.8 Å². The Morgan fingerprint density at radius 1 is 1.26 bits per heavy atom.